The molecule has 0 bridgehead atoms. The van der Waals surface area contributed by atoms with Crippen LogP contribution in [0.3, 0.4) is 0 Å². The summed E-state index contributed by atoms with van der Waals surface area (Å²) in [5.41, 5.74) is 0.696. The monoisotopic (exact) mass is 333 g/mol. The maximum absolute atomic E-state index is 13.9. The Morgan fingerprint density at radius 2 is 1.87 bits per heavy atom. The number of benzene rings is 1. The highest BCUT2D eigenvalue weighted by molar-refractivity contribution is 7.71. The average molecular weight is 333 g/mol. The van der Waals surface area contributed by atoms with Crippen LogP contribution in [0.5, 0.6) is 0 Å². The van der Waals surface area contributed by atoms with Gasteiger partial charge in [0.15, 0.2) is 4.77 Å². The lowest BCUT2D eigenvalue weighted by Crippen LogP contribution is -2.47. The highest BCUT2D eigenvalue weighted by atomic mass is 32.1. The van der Waals surface area contributed by atoms with Crippen molar-refractivity contribution in [1.29, 1.82) is 0 Å². The van der Waals surface area contributed by atoms with Gasteiger partial charge in [-0.2, -0.15) is 5.10 Å². The third-order valence-electron chi connectivity index (χ3n) is 4.60. The van der Waals surface area contributed by atoms with Crippen LogP contribution in [0.25, 0.3) is 0 Å². The van der Waals surface area contributed by atoms with Crippen LogP contribution < -0.4 is 4.90 Å². The first-order chi connectivity index (χ1) is 11.2. The summed E-state index contributed by atoms with van der Waals surface area (Å²) in [7, 11) is 0. The van der Waals surface area contributed by atoms with Crippen molar-refractivity contribution in [3.63, 3.8) is 0 Å². The first-order valence-electron chi connectivity index (χ1n) is 8.08. The normalized spacial score (nSPS) is 19.3. The molecule has 1 aliphatic carbocycles. The van der Waals surface area contributed by atoms with E-state index < -0.39 is 0 Å². The van der Waals surface area contributed by atoms with Gasteiger partial charge in [0.1, 0.15) is 12.1 Å². The molecule has 2 heterocycles. The Morgan fingerprint density at radius 1 is 1.13 bits per heavy atom. The minimum atomic E-state index is -0.147. The summed E-state index contributed by atoms with van der Waals surface area (Å²) >= 11 is 5.50. The molecule has 5 nitrogen and oxygen atoms in total. The smallest absolute Gasteiger partial charge is 0.199 e. The number of para-hydroxylation sites is 1. The first kappa shape index (κ1) is 14.8. The van der Waals surface area contributed by atoms with Gasteiger partial charge in [-0.25, -0.2) is 9.07 Å². The Kier molecular flexibility index (Phi) is 3.90. The summed E-state index contributed by atoms with van der Waals surface area (Å²) in [6.45, 7) is 4.11. The third-order valence-corrected chi connectivity index (χ3v) is 5.02. The van der Waals surface area contributed by atoms with Crippen LogP contribution in [-0.2, 0) is 6.67 Å². The Morgan fingerprint density at radius 3 is 2.57 bits per heavy atom. The molecule has 1 saturated carbocycles. The molecule has 0 amide bonds. The van der Waals surface area contributed by atoms with Crippen LogP contribution in [0.1, 0.15) is 18.9 Å². The van der Waals surface area contributed by atoms with Crippen LogP contribution >= 0.6 is 12.2 Å². The molecule has 2 aliphatic rings. The van der Waals surface area contributed by atoms with Gasteiger partial charge in [-0.1, -0.05) is 12.1 Å². The zero-order valence-electron chi connectivity index (χ0n) is 12.9. The molecule has 0 radical (unpaired) electrons. The number of halogens is 1. The van der Waals surface area contributed by atoms with Crippen molar-refractivity contribution >= 4 is 17.9 Å². The van der Waals surface area contributed by atoms with Gasteiger partial charge in [0, 0.05) is 32.2 Å². The van der Waals surface area contributed by atoms with Crippen LogP contribution in [0, 0.1) is 10.6 Å². The number of rotatable bonds is 4. The SMILES string of the molecule is Fc1ccccc1N1CCN(Cn2ncn(C3CC3)c2=S)CC1. The Bertz CT molecular complexity index is 743. The predicted octanol–water partition coefficient (Wildman–Crippen LogP) is 2.67. The lowest BCUT2D eigenvalue weighted by Gasteiger charge is -2.35. The summed E-state index contributed by atoms with van der Waals surface area (Å²) in [4.78, 5) is 4.42. The van der Waals surface area contributed by atoms with Crippen molar-refractivity contribution in [1.82, 2.24) is 19.2 Å². The van der Waals surface area contributed by atoms with Crippen LogP contribution in [0.4, 0.5) is 10.1 Å². The molecule has 0 unspecified atom stereocenters. The Balaban J connectivity index is 1.38. The Labute approximate surface area is 139 Å². The minimum absolute atomic E-state index is 0.147. The molecule has 122 valence electrons. The van der Waals surface area contributed by atoms with Crippen LogP contribution in [0.15, 0.2) is 30.6 Å². The number of piperazine rings is 1. The number of hydrogen-bond donors (Lipinski definition) is 0. The van der Waals surface area contributed by atoms with E-state index >= 15 is 0 Å². The van der Waals surface area contributed by atoms with E-state index in [4.69, 9.17) is 12.2 Å². The van der Waals surface area contributed by atoms with Crippen molar-refractivity contribution in [2.75, 3.05) is 31.1 Å². The average Bonchev–Trinajstić information content (AvgIpc) is 3.34. The first-order valence-corrected chi connectivity index (χ1v) is 8.49. The summed E-state index contributed by atoms with van der Waals surface area (Å²) in [5, 5.41) is 4.42. The standard InChI is InChI=1S/C16H20FN5S/c17-14-3-1-2-4-15(14)20-9-7-19(8-10-20)12-22-16(23)21(11-18-22)13-5-6-13/h1-4,11,13H,5-10,12H2. The zero-order chi connectivity index (χ0) is 15.8. The maximum atomic E-state index is 13.9. The molecule has 23 heavy (non-hydrogen) atoms. The van der Waals surface area contributed by atoms with Gasteiger partial charge in [0.05, 0.1) is 12.4 Å². The van der Waals surface area contributed by atoms with E-state index in [9.17, 15) is 4.39 Å². The van der Waals surface area contributed by atoms with Crippen molar-refractivity contribution in [2.24, 2.45) is 0 Å². The summed E-state index contributed by atoms with van der Waals surface area (Å²) < 4.78 is 18.7. The van der Waals surface area contributed by atoms with E-state index in [0.717, 1.165) is 31.0 Å². The predicted molar refractivity (Wildman–Crippen MR) is 89.5 cm³/mol. The third kappa shape index (κ3) is 3.03. The van der Waals surface area contributed by atoms with Gasteiger partial charge in [-0.05, 0) is 37.2 Å². The summed E-state index contributed by atoms with van der Waals surface area (Å²) in [6.07, 6.45) is 4.28. The molecule has 1 aromatic carbocycles. The second-order valence-corrected chi connectivity index (χ2v) is 6.61. The van der Waals surface area contributed by atoms with Gasteiger partial charge in [-0.15, -0.1) is 0 Å². The molecular formula is C16H20FN5S. The van der Waals surface area contributed by atoms with E-state index in [1.54, 1.807) is 6.07 Å². The van der Waals surface area contributed by atoms with Gasteiger partial charge in [0.2, 0.25) is 0 Å². The molecule has 1 aromatic heterocycles. The number of hydrogen-bond acceptors (Lipinski definition) is 4. The van der Waals surface area contributed by atoms with E-state index in [0.29, 0.717) is 18.4 Å². The highest BCUT2D eigenvalue weighted by Crippen LogP contribution is 2.34. The second kappa shape index (κ2) is 6.05. The van der Waals surface area contributed by atoms with E-state index in [-0.39, 0.29) is 5.82 Å². The Hall–Kier alpha value is -1.73. The lowest BCUT2D eigenvalue weighted by atomic mass is 10.2. The molecule has 1 saturated heterocycles. The summed E-state index contributed by atoms with van der Waals surface area (Å²) in [6, 6.07) is 7.54. The van der Waals surface area contributed by atoms with E-state index in [1.807, 2.05) is 23.1 Å². The summed E-state index contributed by atoms with van der Waals surface area (Å²) in [5.74, 6) is -0.147. The number of aromatic nitrogens is 3. The van der Waals surface area contributed by atoms with E-state index in [2.05, 4.69) is 19.5 Å². The zero-order valence-corrected chi connectivity index (χ0v) is 13.8. The van der Waals surface area contributed by atoms with Crippen molar-refractivity contribution in [3.8, 4) is 0 Å². The van der Waals surface area contributed by atoms with Crippen molar-refractivity contribution in [3.05, 3.63) is 41.2 Å². The molecule has 2 fully saturated rings. The highest BCUT2D eigenvalue weighted by Gasteiger charge is 2.25. The second-order valence-electron chi connectivity index (χ2n) is 6.25. The molecule has 2 aromatic rings. The molecule has 7 heteroatoms. The molecule has 0 spiro atoms. The fraction of sp³-hybridized carbons (Fsp3) is 0.500. The van der Waals surface area contributed by atoms with E-state index in [1.165, 1.54) is 18.9 Å². The topological polar surface area (TPSA) is 29.2 Å². The molecule has 0 atom stereocenters. The van der Waals surface area contributed by atoms with Crippen LogP contribution in [0.2, 0.25) is 0 Å². The fourth-order valence-electron chi connectivity index (χ4n) is 3.08. The fourth-order valence-corrected chi connectivity index (χ4v) is 3.38. The van der Waals surface area contributed by atoms with Gasteiger partial charge < -0.3 is 9.47 Å². The largest absolute Gasteiger partial charge is 0.367 e. The van der Waals surface area contributed by atoms with Gasteiger partial charge >= 0.3 is 0 Å². The molecule has 1 aliphatic heterocycles. The molecular weight excluding hydrogens is 313 g/mol. The van der Waals surface area contributed by atoms with Crippen LogP contribution in [-0.4, -0.2) is 45.4 Å². The van der Waals surface area contributed by atoms with Crippen molar-refractivity contribution < 1.29 is 4.39 Å². The van der Waals surface area contributed by atoms with Crippen molar-refractivity contribution in [2.45, 2.75) is 25.6 Å². The van der Waals surface area contributed by atoms with Gasteiger partial charge in [-0.3, -0.25) is 4.90 Å². The lowest BCUT2D eigenvalue weighted by molar-refractivity contribution is 0.193. The maximum Gasteiger partial charge on any atom is 0.199 e. The molecule has 0 N–H and O–H groups in total. The molecule has 4 rings (SSSR count). The number of nitrogens with zero attached hydrogens (tertiary/aromatic N) is 5. The minimum Gasteiger partial charge on any atom is -0.367 e. The quantitative estimate of drug-likeness (QED) is 0.805. The number of anilines is 1. The van der Waals surface area contributed by atoms with Gasteiger partial charge in [0.25, 0.3) is 0 Å².